The Morgan fingerprint density at radius 2 is 2.07 bits per heavy atom. The lowest BCUT2D eigenvalue weighted by atomic mass is 9.85. The van der Waals surface area contributed by atoms with Gasteiger partial charge in [0.15, 0.2) is 0 Å². The number of carbonyl (C=O) groups excluding carboxylic acids is 1. The number of hydrogen-bond donors (Lipinski definition) is 3. The van der Waals surface area contributed by atoms with Gasteiger partial charge in [-0.2, -0.15) is 0 Å². The molecule has 8 heteroatoms. The number of aliphatic carboxylic acids is 1. The summed E-state index contributed by atoms with van der Waals surface area (Å²) in [6.45, 7) is 6.12. The van der Waals surface area contributed by atoms with E-state index in [1.54, 1.807) is 0 Å². The van der Waals surface area contributed by atoms with Gasteiger partial charge in [-0.15, -0.1) is 0 Å². The van der Waals surface area contributed by atoms with Crippen LogP contribution in [0.4, 0.5) is 4.79 Å². The number of amides is 2. The van der Waals surface area contributed by atoms with E-state index in [2.05, 4.69) is 26.3 Å². The third-order valence-electron chi connectivity index (χ3n) is 5.40. The van der Waals surface area contributed by atoms with Crippen molar-refractivity contribution in [3.63, 3.8) is 0 Å². The number of carboxylic acids is 1. The number of aryl methyl sites for hydroxylation is 2. The van der Waals surface area contributed by atoms with Crippen molar-refractivity contribution in [1.82, 2.24) is 25.1 Å². The first kappa shape index (κ1) is 20.1. The third kappa shape index (κ3) is 4.81. The lowest BCUT2D eigenvalue weighted by molar-refractivity contribution is -0.139. The lowest BCUT2D eigenvalue weighted by Gasteiger charge is -2.42. The molecule has 3 rings (SSSR count). The van der Waals surface area contributed by atoms with Crippen LogP contribution < -0.4 is 10.6 Å². The first-order valence-electron chi connectivity index (χ1n) is 9.90. The number of fused-ring (bicyclic) bond motifs is 1. The molecule has 1 aliphatic carbocycles. The third-order valence-corrected chi connectivity index (χ3v) is 5.40. The molecule has 28 heavy (non-hydrogen) atoms. The Morgan fingerprint density at radius 3 is 2.79 bits per heavy atom. The van der Waals surface area contributed by atoms with Crippen molar-refractivity contribution in [2.45, 2.75) is 51.7 Å². The number of aromatic nitrogens is 2. The van der Waals surface area contributed by atoms with Crippen LogP contribution in [0.5, 0.6) is 0 Å². The average molecular weight is 387 g/mol. The Hall–Kier alpha value is -2.61. The predicted molar refractivity (Wildman–Crippen MR) is 107 cm³/mol. The van der Waals surface area contributed by atoms with E-state index in [1.807, 2.05) is 36.9 Å². The molecule has 2 aromatic rings. The fourth-order valence-electron chi connectivity index (χ4n) is 3.83. The SMILES string of the molecule is CCN(CC(=O)O)C1CC(NC(=O)NCCCn2c(C)nc3ccccc32)C1. The first-order valence-corrected chi connectivity index (χ1v) is 9.90. The monoisotopic (exact) mass is 387 g/mol. The smallest absolute Gasteiger partial charge is 0.317 e. The molecule has 1 aliphatic rings. The topological polar surface area (TPSA) is 99.5 Å². The fourth-order valence-corrected chi connectivity index (χ4v) is 3.83. The molecule has 0 atom stereocenters. The van der Waals surface area contributed by atoms with E-state index in [0.29, 0.717) is 13.1 Å². The summed E-state index contributed by atoms with van der Waals surface area (Å²) in [7, 11) is 0. The molecule has 0 bridgehead atoms. The van der Waals surface area contributed by atoms with Crippen LogP contribution in [0.25, 0.3) is 11.0 Å². The zero-order valence-electron chi connectivity index (χ0n) is 16.5. The second-order valence-electron chi connectivity index (χ2n) is 7.33. The van der Waals surface area contributed by atoms with Crippen LogP contribution in [0.15, 0.2) is 24.3 Å². The molecular formula is C20H29N5O3. The van der Waals surface area contributed by atoms with Gasteiger partial charge in [0.05, 0.1) is 17.6 Å². The highest BCUT2D eigenvalue weighted by molar-refractivity contribution is 5.76. The van der Waals surface area contributed by atoms with Crippen molar-refractivity contribution in [3.05, 3.63) is 30.1 Å². The van der Waals surface area contributed by atoms with Crippen LogP contribution in [0.2, 0.25) is 0 Å². The van der Waals surface area contributed by atoms with Gasteiger partial charge in [0.2, 0.25) is 0 Å². The Balaban J connectivity index is 1.35. The maximum atomic E-state index is 12.1. The summed E-state index contributed by atoms with van der Waals surface area (Å²) >= 11 is 0. The molecule has 1 saturated carbocycles. The fraction of sp³-hybridized carbons (Fsp3) is 0.550. The van der Waals surface area contributed by atoms with Gasteiger partial charge in [0.25, 0.3) is 0 Å². The van der Waals surface area contributed by atoms with Crippen molar-refractivity contribution in [2.75, 3.05) is 19.6 Å². The highest BCUT2D eigenvalue weighted by Crippen LogP contribution is 2.25. The summed E-state index contributed by atoms with van der Waals surface area (Å²) in [5.41, 5.74) is 2.11. The number of carbonyl (C=O) groups is 2. The molecule has 0 unspecified atom stereocenters. The Kier molecular flexibility index (Phi) is 6.51. The van der Waals surface area contributed by atoms with Gasteiger partial charge in [-0.25, -0.2) is 9.78 Å². The van der Waals surface area contributed by atoms with Crippen molar-refractivity contribution in [3.8, 4) is 0 Å². The van der Waals surface area contributed by atoms with Crippen molar-refractivity contribution in [2.24, 2.45) is 0 Å². The van der Waals surface area contributed by atoms with E-state index in [9.17, 15) is 9.59 Å². The van der Waals surface area contributed by atoms with E-state index in [4.69, 9.17) is 5.11 Å². The maximum absolute atomic E-state index is 12.1. The van der Waals surface area contributed by atoms with Gasteiger partial charge >= 0.3 is 12.0 Å². The molecule has 0 saturated heterocycles. The van der Waals surface area contributed by atoms with Crippen LogP contribution in [0.1, 0.15) is 32.0 Å². The molecule has 152 valence electrons. The summed E-state index contributed by atoms with van der Waals surface area (Å²) in [4.78, 5) is 29.4. The quantitative estimate of drug-likeness (QED) is 0.571. The van der Waals surface area contributed by atoms with Gasteiger partial charge in [-0.05, 0) is 44.9 Å². The zero-order valence-corrected chi connectivity index (χ0v) is 16.5. The predicted octanol–water partition coefficient (Wildman–Crippen LogP) is 1.97. The van der Waals surface area contributed by atoms with Crippen molar-refractivity contribution < 1.29 is 14.7 Å². The number of benzene rings is 1. The lowest BCUT2D eigenvalue weighted by Crippen LogP contribution is -2.56. The minimum atomic E-state index is -0.808. The summed E-state index contributed by atoms with van der Waals surface area (Å²) < 4.78 is 2.17. The van der Waals surface area contributed by atoms with Gasteiger partial charge < -0.3 is 20.3 Å². The number of urea groups is 1. The van der Waals surface area contributed by atoms with E-state index < -0.39 is 5.97 Å². The van der Waals surface area contributed by atoms with E-state index in [-0.39, 0.29) is 24.7 Å². The molecule has 1 heterocycles. The number of para-hydroxylation sites is 2. The number of hydrogen-bond acceptors (Lipinski definition) is 4. The highest BCUT2D eigenvalue weighted by Gasteiger charge is 2.34. The molecule has 8 nitrogen and oxygen atoms in total. The van der Waals surface area contributed by atoms with Crippen LogP contribution in [-0.4, -0.2) is 63.3 Å². The number of rotatable bonds is 9. The Morgan fingerprint density at radius 1 is 1.32 bits per heavy atom. The van der Waals surface area contributed by atoms with E-state index in [1.165, 1.54) is 0 Å². The summed E-state index contributed by atoms with van der Waals surface area (Å²) in [5, 5.41) is 14.8. The van der Waals surface area contributed by atoms with Crippen LogP contribution in [-0.2, 0) is 11.3 Å². The van der Waals surface area contributed by atoms with Crippen LogP contribution in [0, 0.1) is 6.92 Å². The van der Waals surface area contributed by atoms with Crippen LogP contribution in [0.3, 0.4) is 0 Å². The average Bonchev–Trinajstić information content (AvgIpc) is 2.95. The molecule has 1 aromatic carbocycles. The standard InChI is InChI=1S/C20H29N5O3/c1-3-24(13-19(26)27)16-11-15(12-16)23-20(28)21-9-6-10-25-14(2)22-17-7-4-5-8-18(17)25/h4-5,7-8,15-16H,3,6,9-13H2,1-2H3,(H,26,27)(H2,21,23,28). The van der Waals surface area contributed by atoms with Crippen molar-refractivity contribution in [1.29, 1.82) is 0 Å². The number of imidazole rings is 1. The number of likely N-dealkylation sites (N-methyl/N-ethyl adjacent to an activating group) is 1. The van der Waals surface area contributed by atoms with Gasteiger partial charge in [0.1, 0.15) is 5.82 Å². The zero-order chi connectivity index (χ0) is 20.1. The molecule has 1 fully saturated rings. The number of nitrogens with one attached hydrogen (secondary N) is 2. The van der Waals surface area contributed by atoms with Gasteiger partial charge in [-0.1, -0.05) is 19.1 Å². The number of nitrogens with zero attached hydrogens (tertiary/aromatic N) is 3. The minimum absolute atomic E-state index is 0.0580. The highest BCUT2D eigenvalue weighted by atomic mass is 16.4. The molecular weight excluding hydrogens is 358 g/mol. The normalized spacial score (nSPS) is 18.8. The van der Waals surface area contributed by atoms with Gasteiger partial charge in [-0.3, -0.25) is 9.69 Å². The second kappa shape index (κ2) is 9.05. The summed E-state index contributed by atoms with van der Waals surface area (Å²) in [6, 6.07) is 8.26. The molecule has 0 spiro atoms. The second-order valence-corrected chi connectivity index (χ2v) is 7.33. The van der Waals surface area contributed by atoms with E-state index >= 15 is 0 Å². The van der Waals surface area contributed by atoms with Crippen LogP contribution >= 0.6 is 0 Å². The molecule has 3 N–H and O–H groups in total. The Labute approximate surface area is 164 Å². The Bertz CT molecular complexity index is 828. The summed E-state index contributed by atoms with van der Waals surface area (Å²) in [6.07, 6.45) is 2.42. The largest absolute Gasteiger partial charge is 0.480 e. The first-order chi connectivity index (χ1) is 13.5. The maximum Gasteiger partial charge on any atom is 0.317 e. The molecule has 0 aliphatic heterocycles. The van der Waals surface area contributed by atoms with Gasteiger partial charge in [0, 0.05) is 25.2 Å². The summed E-state index contributed by atoms with van der Waals surface area (Å²) in [5.74, 6) is 0.171. The minimum Gasteiger partial charge on any atom is -0.480 e. The molecule has 0 radical (unpaired) electrons. The van der Waals surface area contributed by atoms with E-state index in [0.717, 1.165) is 42.7 Å². The number of carboxylic acid groups (broad SMARTS) is 1. The van der Waals surface area contributed by atoms with Crippen molar-refractivity contribution >= 4 is 23.0 Å². The molecule has 1 aromatic heterocycles. The molecule has 2 amide bonds.